The van der Waals surface area contributed by atoms with Crippen molar-refractivity contribution in [1.82, 2.24) is 4.90 Å². The monoisotopic (exact) mass is 300 g/mol. The minimum absolute atomic E-state index is 0.149. The highest BCUT2D eigenvalue weighted by Gasteiger charge is 2.18. The van der Waals surface area contributed by atoms with Gasteiger partial charge in [-0.05, 0) is 24.6 Å². The lowest BCUT2D eigenvalue weighted by atomic mass is 10.1. The maximum Gasteiger partial charge on any atom is 0.256 e. The fourth-order valence-corrected chi connectivity index (χ4v) is 2.01. The van der Waals surface area contributed by atoms with E-state index < -0.39 is 0 Å². The summed E-state index contributed by atoms with van der Waals surface area (Å²) in [6, 6.07) is 5.09. The second-order valence-electron chi connectivity index (χ2n) is 4.36. The van der Waals surface area contributed by atoms with Gasteiger partial charge in [-0.2, -0.15) is 0 Å². The summed E-state index contributed by atoms with van der Waals surface area (Å²) >= 11 is 5.96. The number of carbonyl (C=O) groups excluding carboxylic acids is 1. The molecule has 0 bridgehead atoms. The van der Waals surface area contributed by atoms with Gasteiger partial charge < -0.3 is 20.4 Å². The molecule has 0 saturated carbocycles. The Labute approximate surface area is 124 Å². The molecule has 1 rings (SSSR count). The molecule has 1 aromatic carbocycles. The van der Waals surface area contributed by atoms with Crippen LogP contribution < -0.4 is 5.32 Å². The van der Waals surface area contributed by atoms with Crippen LogP contribution in [-0.2, 0) is 0 Å². The Balaban J connectivity index is 3.01. The van der Waals surface area contributed by atoms with Crippen LogP contribution in [0, 0.1) is 0 Å². The standard InChI is InChI=1S/C14H21ClN2O3/c1-2-5-16-13-4-3-11(15)10-12(13)14(20)17(6-8-18)7-9-19/h3-4,10,16,18-19H,2,5-9H2,1H3. The highest BCUT2D eigenvalue weighted by molar-refractivity contribution is 6.31. The van der Waals surface area contributed by atoms with Crippen LogP contribution in [0.1, 0.15) is 23.7 Å². The van der Waals surface area contributed by atoms with Crippen LogP contribution in [0.4, 0.5) is 5.69 Å². The van der Waals surface area contributed by atoms with E-state index in [0.717, 1.165) is 13.0 Å². The molecule has 0 aliphatic carbocycles. The molecule has 3 N–H and O–H groups in total. The van der Waals surface area contributed by atoms with Crippen molar-refractivity contribution < 1.29 is 15.0 Å². The second-order valence-corrected chi connectivity index (χ2v) is 4.79. The van der Waals surface area contributed by atoms with Gasteiger partial charge in [-0.1, -0.05) is 18.5 Å². The molecule has 0 saturated heterocycles. The summed E-state index contributed by atoms with van der Waals surface area (Å²) in [7, 11) is 0. The Morgan fingerprint density at radius 2 is 1.95 bits per heavy atom. The van der Waals surface area contributed by atoms with E-state index in [2.05, 4.69) is 5.32 Å². The van der Waals surface area contributed by atoms with Gasteiger partial charge in [0.25, 0.3) is 5.91 Å². The van der Waals surface area contributed by atoms with E-state index in [1.807, 2.05) is 6.92 Å². The van der Waals surface area contributed by atoms with Gasteiger partial charge in [0.05, 0.1) is 18.8 Å². The van der Waals surface area contributed by atoms with Crippen molar-refractivity contribution >= 4 is 23.2 Å². The minimum Gasteiger partial charge on any atom is -0.395 e. The average molecular weight is 301 g/mol. The molecule has 1 aromatic rings. The molecule has 0 aliphatic heterocycles. The topological polar surface area (TPSA) is 72.8 Å². The molecule has 0 aliphatic rings. The van der Waals surface area contributed by atoms with Gasteiger partial charge in [0.2, 0.25) is 0 Å². The molecule has 6 heteroatoms. The van der Waals surface area contributed by atoms with Crippen LogP contribution >= 0.6 is 11.6 Å². The van der Waals surface area contributed by atoms with Crippen molar-refractivity contribution in [2.24, 2.45) is 0 Å². The Morgan fingerprint density at radius 3 is 2.50 bits per heavy atom. The number of anilines is 1. The third kappa shape index (κ3) is 4.67. The number of hydrogen-bond acceptors (Lipinski definition) is 4. The molecule has 0 heterocycles. The molecular weight excluding hydrogens is 280 g/mol. The van der Waals surface area contributed by atoms with E-state index in [9.17, 15) is 4.79 Å². The zero-order valence-corrected chi connectivity index (χ0v) is 12.4. The molecule has 0 atom stereocenters. The molecule has 20 heavy (non-hydrogen) atoms. The van der Waals surface area contributed by atoms with Crippen LogP contribution in [0.3, 0.4) is 0 Å². The first kappa shape index (κ1) is 16.8. The van der Waals surface area contributed by atoms with Gasteiger partial charge in [0.15, 0.2) is 0 Å². The number of aliphatic hydroxyl groups excluding tert-OH is 2. The van der Waals surface area contributed by atoms with Crippen molar-refractivity contribution in [2.45, 2.75) is 13.3 Å². The van der Waals surface area contributed by atoms with E-state index in [1.165, 1.54) is 4.90 Å². The summed E-state index contributed by atoms with van der Waals surface area (Å²) in [5, 5.41) is 21.7. The van der Waals surface area contributed by atoms with Crippen molar-refractivity contribution in [3.8, 4) is 0 Å². The molecule has 0 unspecified atom stereocenters. The highest BCUT2D eigenvalue weighted by Crippen LogP contribution is 2.22. The van der Waals surface area contributed by atoms with Crippen LogP contribution in [0.15, 0.2) is 18.2 Å². The first-order valence-corrected chi connectivity index (χ1v) is 7.06. The minimum atomic E-state index is -0.255. The van der Waals surface area contributed by atoms with E-state index in [-0.39, 0.29) is 32.2 Å². The number of carbonyl (C=O) groups is 1. The lowest BCUT2D eigenvalue weighted by Crippen LogP contribution is -2.36. The van der Waals surface area contributed by atoms with E-state index in [1.54, 1.807) is 18.2 Å². The summed E-state index contributed by atoms with van der Waals surface area (Å²) in [5.41, 5.74) is 1.16. The number of nitrogens with one attached hydrogen (secondary N) is 1. The number of hydrogen-bond donors (Lipinski definition) is 3. The van der Waals surface area contributed by atoms with Gasteiger partial charge in [-0.25, -0.2) is 0 Å². The van der Waals surface area contributed by atoms with Crippen molar-refractivity contribution in [3.05, 3.63) is 28.8 Å². The maximum atomic E-state index is 12.5. The molecule has 0 spiro atoms. The van der Waals surface area contributed by atoms with Crippen molar-refractivity contribution in [1.29, 1.82) is 0 Å². The Hall–Kier alpha value is -1.30. The van der Waals surface area contributed by atoms with Gasteiger partial charge in [0.1, 0.15) is 0 Å². The molecule has 0 aromatic heterocycles. The number of nitrogens with zero attached hydrogens (tertiary/aromatic N) is 1. The fourth-order valence-electron chi connectivity index (χ4n) is 1.83. The first-order valence-electron chi connectivity index (χ1n) is 6.68. The fraction of sp³-hybridized carbons (Fsp3) is 0.500. The van der Waals surface area contributed by atoms with E-state index >= 15 is 0 Å². The second kappa shape index (κ2) is 8.79. The van der Waals surface area contributed by atoms with Crippen molar-refractivity contribution in [2.75, 3.05) is 38.2 Å². The van der Waals surface area contributed by atoms with Gasteiger partial charge in [0, 0.05) is 30.3 Å². The molecule has 5 nitrogen and oxygen atoms in total. The number of halogens is 1. The molecule has 112 valence electrons. The molecule has 1 amide bonds. The Morgan fingerprint density at radius 1 is 1.30 bits per heavy atom. The highest BCUT2D eigenvalue weighted by atomic mass is 35.5. The molecule has 0 radical (unpaired) electrons. The summed E-state index contributed by atoms with van der Waals surface area (Å²) in [4.78, 5) is 13.9. The number of rotatable bonds is 8. The van der Waals surface area contributed by atoms with Crippen LogP contribution in [0.5, 0.6) is 0 Å². The summed E-state index contributed by atoms with van der Waals surface area (Å²) < 4.78 is 0. The normalized spacial score (nSPS) is 10.4. The third-order valence-electron chi connectivity index (χ3n) is 2.80. The maximum absolute atomic E-state index is 12.5. The number of benzene rings is 1. The van der Waals surface area contributed by atoms with Gasteiger partial charge >= 0.3 is 0 Å². The Kier molecular flexibility index (Phi) is 7.36. The number of amides is 1. The lowest BCUT2D eigenvalue weighted by Gasteiger charge is -2.22. The predicted molar refractivity (Wildman–Crippen MR) is 80.3 cm³/mol. The first-order chi connectivity index (χ1) is 9.63. The summed E-state index contributed by atoms with van der Waals surface area (Å²) in [6.07, 6.45) is 0.938. The van der Waals surface area contributed by atoms with Gasteiger partial charge in [-0.15, -0.1) is 0 Å². The molecular formula is C14H21ClN2O3. The van der Waals surface area contributed by atoms with Crippen LogP contribution in [0.2, 0.25) is 5.02 Å². The van der Waals surface area contributed by atoms with Crippen molar-refractivity contribution in [3.63, 3.8) is 0 Å². The Bertz CT molecular complexity index is 434. The zero-order chi connectivity index (χ0) is 15.0. The number of aliphatic hydroxyl groups is 2. The van der Waals surface area contributed by atoms with Crippen LogP contribution in [-0.4, -0.2) is 53.9 Å². The van der Waals surface area contributed by atoms with Gasteiger partial charge in [-0.3, -0.25) is 4.79 Å². The zero-order valence-electron chi connectivity index (χ0n) is 11.6. The largest absolute Gasteiger partial charge is 0.395 e. The van der Waals surface area contributed by atoms with Crippen LogP contribution in [0.25, 0.3) is 0 Å². The summed E-state index contributed by atoms with van der Waals surface area (Å²) in [6.45, 7) is 2.85. The summed E-state index contributed by atoms with van der Waals surface area (Å²) in [5.74, 6) is -0.255. The molecule has 0 fully saturated rings. The predicted octanol–water partition coefficient (Wildman–Crippen LogP) is 1.59. The lowest BCUT2D eigenvalue weighted by molar-refractivity contribution is 0.0685. The SMILES string of the molecule is CCCNc1ccc(Cl)cc1C(=O)N(CCO)CCO. The van der Waals surface area contributed by atoms with E-state index in [4.69, 9.17) is 21.8 Å². The van der Waals surface area contributed by atoms with E-state index in [0.29, 0.717) is 16.3 Å². The third-order valence-corrected chi connectivity index (χ3v) is 3.04. The average Bonchev–Trinajstić information content (AvgIpc) is 2.45. The smallest absolute Gasteiger partial charge is 0.256 e. The quantitative estimate of drug-likeness (QED) is 0.682.